The maximum Gasteiger partial charge on any atom is 0.147 e. The van der Waals surface area contributed by atoms with E-state index >= 15 is 0 Å². The Kier molecular flexibility index (Phi) is 9.58. The van der Waals surface area contributed by atoms with Gasteiger partial charge >= 0.3 is 0 Å². The SMILES string of the molecule is C[Si](C)(C)c1ccc(-c2[c-]cccc2)nc1.[2H]C([2H])([2H])c1cc2c(c(C([2H])([2H])[2H])n1)c(C([2H])([2H])[2H])nc1c3cc[c-]c(-c4nc5ccccc5n4-c4c(C(C)C)cc(-c5ccccc5)cc4C(C)C)c3oc21.[Ir]. The first-order valence-electron chi connectivity index (χ1n) is 25.7. The van der Waals surface area contributed by atoms with Crippen molar-refractivity contribution in [2.75, 3.05) is 0 Å². The number of nitrogens with zero attached hydrogens (tertiary/aromatic N) is 5. The second-order valence-electron chi connectivity index (χ2n) is 17.5. The molecular formula is C56H53IrN5OSi-2. The summed E-state index contributed by atoms with van der Waals surface area (Å²) in [7, 11) is -1.23. The fourth-order valence-corrected chi connectivity index (χ4v) is 9.26. The third kappa shape index (κ3) is 8.27. The van der Waals surface area contributed by atoms with Crippen LogP contribution in [0.15, 0.2) is 132 Å². The molecule has 10 rings (SSSR count). The van der Waals surface area contributed by atoms with Crippen molar-refractivity contribution in [2.45, 2.75) is 79.7 Å². The van der Waals surface area contributed by atoms with E-state index in [-0.39, 0.29) is 59.4 Å². The molecule has 10 aromatic rings. The van der Waals surface area contributed by atoms with Gasteiger partial charge in [0.15, 0.2) is 0 Å². The fraction of sp³-hybridized carbons (Fsp3) is 0.214. The van der Waals surface area contributed by atoms with Crippen molar-refractivity contribution in [3.63, 3.8) is 0 Å². The molecule has 0 unspecified atom stereocenters. The number of furan rings is 1. The Labute approximate surface area is 403 Å². The van der Waals surface area contributed by atoms with Gasteiger partial charge in [-0.05, 0) is 101 Å². The van der Waals surface area contributed by atoms with Crippen molar-refractivity contribution in [1.29, 1.82) is 0 Å². The molecule has 5 heterocycles. The molecule has 0 fully saturated rings. The van der Waals surface area contributed by atoms with Gasteiger partial charge in [-0.15, -0.1) is 54.1 Å². The number of benzene rings is 5. The number of pyridine rings is 3. The Morgan fingerprint density at radius 2 is 1.39 bits per heavy atom. The summed E-state index contributed by atoms with van der Waals surface area (Å²) in [5.74, 6) is 0.724. The standard InChI is InChI=1S/C42H37N4O.C14H16NSi.Ir/c1-23(2)32-21-29(28-14-9-8-10-15-28)22-33(24(3)4)39(32)46-36-19-12-11-18-35(36)45-42(46)31-17-13-16-30-38-41(47-40(30)31)34-20-25(5)43-26(6)37(34)27(7)44-38;1-16(2,3)13-9-10-14(15-11-13)12-7-5-4-6-8-12;/h8-16,18-24H,1-7H3;4-7,9-11H,1-3H3;/q2*-1;/i5D3,6D3,7D3;;. The van der Waals surface area contributed by atoms with Crippen LogP contribution in [0.5, 0.6) is 0 Å². The summed E-state index contributed by atoms with van der Waals surface area (Å²) in [5.41, 5.74) is 8.24. The smallest absolute Gasteiger partial charge is 0.147 e. The molecule has 0 spiro atoms. The van der Waals surface area contributed by atoms with E-state index in [9.17, 15) is 0 Å². The molecule has 0 saturated heterocycles. The number of para-hydroxylation sites is 2. The Morgan fingerprint density at radius 3 is 2.05 bits per heavy atom. The predicted molar refractivity (Wildman–Crippen MR) is 265 cm³/mol. The zero-order chi connectivity index (χ0) is 51.7. The Hall–Kier alpha value is -6.05. The third-order valence-corrected chi connectivity index (χ3v) is 13.5. The van der Waals surface area contributed by atoms with Gasteiger partial charge < -0.3 is 14.0 Å². The second kappa shape index (κ2) is 17.8. The van der Waals surface area contributed by atoms with Crippen molar-refractivity contribution in [1.82, 2.24) is 24.5 Å². The molecule has 1 radical (unpaired) electrons. The topological polar surface area (TPSA) is 69.6 Å². The van der Waals surface area contributed by atoms with Crippen LogP contribution in [0.4, 0.5) is 0 Å². The van der Waals surface area contributed by atoms with Gasteiger partial charge in [-0.25, -0.2) is 0 Å². The number of hydrogen-bond donors (Lipinski definition) is 0. The molecule has 0 amide bonds. The van der Waals surface area contributed by atoms with E-state index in [1.54, 1.807) is 12.1 Å². The van der Waals surface area contributed by atoms with Crippen molar-refractivity contribution in [3.8, 4) is 39.5 Å². The molecule has 0 saturated carbocycles. The van der Waals surface area contributed by atoms with Crippen LogP contribution in [0.25, 0.3) is 83.3 Å². The van der Waals surface area contributed by atoms with E-state index in [1.807, 2.05) is 72.9 Å². The van der Waals surface area contributed by atoms with E-state index in [4.69, 9.17) is 21.7 Å². The number of fused-ring (bicyclic) bond motifs is 6. The maximum absolute atomic E-state index is 8.41. The Morgan fingerprint density at radius 1 is 0.672 bits per heavy atom. The zero-order valence-corrected chi connectivity index (χ0v) is 40.2. The summed E-state index contributed by atoms with van der Waals surface area (Å²) in [6.07, 6.45) is 2.02. The van der Waals surface area contributed by atoms with Gasteiger partial charge in [-0.1, -0.05) is 107 Å². The summed E-state index contributed by atoms with van der Waals surface area (Å²) >= 11 is 0. The molecule has 0 aliphatic rings. The Bertz CT molecular complexity index is 3610. The number of imidazole rings is 1. The predicted octanol–water partition coefficient (Wildman–Crippen LogP) is 14.3. The van der Waals surface area contributed by atoms with E-state index in [0.717, 1.165) is 50.2 Å². The van der Waals surface area contributed by atoms with Gasteiger partial charge in [0.25, 0.3) is 0 Å². The fourth-order valence-electron chi connectivity index (χ4n) is 8.23. The number of aromatic nitrogens is 5. The minimum absolute atomic E-state index is 0. The zero-order valence-electron chi connectivity index (χ0n) is 45.8. The van der Waals surface area contributed by atoms with E-state index in [0.29, 0.717) is 16.8 Å². The van der Waals surface area contributed by atoms with Gasteiger partial charge in [-0.2, -0.15) is 0 Å². The van der Waals surface area contributed by atoms with Gasteiger partial charge in [0.05, 0.1) is 36.0 Å². The minimum Gasteiger partial charge on any atom is -0.498 e. The minimum atomic E-state index is -2.97. The molecule has 5 aromatic heterocycles. The molecule has 0 atom stereocenters. The second-order valence-corrected chi connectivity index (χ2v) is 22.6. The molecule has 5 aromatic carbocycles. The number of hydrogen-bond acceptors (Lipinski definition) is 5. The summed E-state index contributed by atoms with van der Waals surface area (Å²) < 4.78 is 83.1. The van der Waals surface area contributed by atoms with Crippen LogP contribution in [0.3, 0.4) is 0 Å². The van der Waals surface area contributed by atoms with Gasteiger partial charge in [0.1, 0.15) is 5.58 Å². The van der Waals surface area contributed by atoms with Crippen LogP contribution in [-0.2, 0) is 20.1 Å². The summed E-state index contributed by atoms with van der Waals surface area (Å²) in [6.45, 7) is 6.99. The van der Waals surface area contributed by atoms with Crippen LogP contribution in [0, 0.1) is 32.7 Å². The largest absolute Gasteiger partial charge is 0.498 e. The average molecular weight is 1040 g/mol. The number of rotatable bonds is 7. The van der Waals surface area contributed by atoms with Gasteiger partial charge in [0, 0.05) is 72.2 Å². The first kappa shape index (κ1) is 34.4. The van der Waals surface area contributed by atoms with E-state index in [1.165, 1.54) is 11.3 Å². The van der Waals surface area contributed by atoms with Crippen LogP contribution >= 0.6 is 0 Å². The van der Waals surface area contributed by atoms with Crippen molar-refractivity contribution in [2.24, 2.45) is 0 Å². The maximum atomic E-state index is 8.41. The van der Waals surface area contributed by atoms with E-state index in [2.05, 4.69) is 115 Å². The quantitative estimate of drug-likeness (QED) is 0.117. The van der Waals surface area contributed by atoms with Gasteiger partial charge in [0.2, 0.25) is 0 Å². The first-order valence-corrected chi connectivity index (χ1v) is 24.7. The summed E-state index contributed by atoms with van der Waals surface area (Å²) in [6, 6.07) is 45.9. The molecule has 323 valence electrons. The molecular weight excluding hydrogens is 979 g/mol. The third-order valence-electron chi connectivity index (χ3n) is 11.5. The summed E-state index contributed by atoms with van der Waals surface area (Å²) in [5, 5.41) is 1.51. The molecule has 0 aliphatic carbocycles. The van der Waals surface area contributed by atoms with E-state index < -0.39 is 45.7 Å². The normalized spacial score (nSPS) is 14.4. The van der Waals surface area contributed by atoms with Crippen LogP contribution in [-0.4, -0.2) is 32.6 Å². The van der Waals surface area contributed by atoms with Crippen molar-refractivity contribution < 1.29 is 36.9 Å². The van der Waals surface area contributed by atoms with Crippen LogP contribution in [0.2, 0.25) is 19.6 Å². The van der Waals surface area contributed by atoms with Crippen molar-refractivity contribution >= 4 is 57.1 Å². The van der Waals surface area contributed by atoms with Crippen LogP contribution < -0.4 is 5.19 Å². The number of aryl methyl sites for hydroxylation is 3. The molecule has 0 aliphatic heterocycles. The molecule has 0 N–H and O–H groups in total. The van der Waals surface area contributed by atoms with Gasteiger partial charge in [-0.3, -0.25) is 15.0 Å². The molecule has 0 bridgehead atoms. The first-order chi connectivity index (χ1) is 33.9. The van der Waals surface area contributed by atoms with Crippen molar-refractivity contribution in [3.05, 3.63) is 168 Å². The Balaban J connectivity index is 0.000000356. The molecule has 8 heteroatoms. The monoisotopic (exact) mass is 1040 g/mol. The molecule has 6 nitrogen and oxygen atoms in total. The van der Waals surface area contributed by atoms with Crippen LogP contribution in [0.1, 0.15) is 80.1 Å². The molecule has 64 heavy (non-hydrogen) atoms. The summed E-state index contributed by atoms with van der Waals surface area (Å²) in [4.78, 5) is 18.3. The average Bonchev–Trinajstić information content (AvgIpc) is 3.92.